The van der Waals surface area contributed by atoms with E-state index in [-0.39, 0.29) is 24.0 Å². The second-order valence-electron chi connectivity index (χ2n) is 6.03. The fraction of sp³-hybridized carbons (Fsp3) is 0.632. The van der Waals surface area contributed by atoms with Crippen LogP contribution in [-0.4, -0.2) is 38.9 Å². The predicted molar refractivity (Wildman–Crippen MR) is 114 cm³/mol. The molecule has 1 aliphatic rings. The zero-order valence-electron chi connectivity index (χ0n) is 15.4. The molecule has 1 fully saturated rings. The molecule has 1 saturated carbocycles. The first kappa shape index (κ1) is 22.0. The maximum absolute atomic E-state index is 5.65. The molecule has 1 aromatic carbocycles. The Kier molecular flexibility index (Phi) is 11.6. The number of para-hydroxylation sites is 1. The average molecular weight is 461 g/mol. The van der Waals surface area contributed by atoms with Gasteiger partial charge in [-0.2, -0.15) is 0 Å². The lowest BCUT2D eigenvalue weighted by Crippen LogP contribution is -2.38. The second-order valence-corrected chi connectivity index (χ2v) is 6.03. The fourth-order valence-electron chi connectivity index (χ4n) is 2.35. The lowest BCUT2D eigenvalue weighted by atomic mass is 10.2. The Balaban J connectivity index is 0.00000312. The quantitative estimate of drug-likeness (QED) is 0.229. The van der Waals surface area contributed by atoms with Crippen LogP contribution in [0.2, 0.25) is 0 Å². The minimum atomic E-state index is 0. The third-order valence-electron chi connectivity index (χ3n) is 3.83. The molecule has 1 aromatic rings. The molecule has 0 aliphatic heterocycles. The summed E-state index contributed by atoms with van der Waals surface area (Å²) in [6, 6.07) is 8.06. The third-order valence-corrected chi connectivity index (χ3v) is 3.83. The van der Waals surface area contributed by atoms with Gasteiger partial charge in [-0.1, -0.05) is 18.2 Å². The van der Waals surface area contributed by atoms with Crippen molar-refractivity contribution in [3.8, 4) is 5.75 Å². The molecule has 0 heterocycles. The van der Waals surface area contributed by atoms with Gasteiger partial charge in [0.15, 0.2) is 5.96 Å². The van der Waals surface area contributed by atoms with E-state index in [9.17, 15) is 0 Å². The van der Waals surface area contributed by atoms with E-state index >= 15 is 0 Å². The molecule has 0 aromatic heterocycles. The van der Waals surface area contributed by atoms with Crippen LogP contribution in [0.3, 0.4) is 0 Å². The Morgan fingerprint density at radius 1 is 1.20 bits per heavy atom. The Bertz CT molecular complexity index is 507. The first-order chi connectivity index (χ1) is 11.8. The Morgan fingerprint density at radius 2 is 2.00 bits per heavy atom. The van der Waals surface area contributed by atoms with E-state index in [1.807, 2.05) is 25.1 Å². The third kappa shape index (κ3) is 9.30. The van der Waals surface area contributed by atoms with Gasteiger partial charge in [0, 0.05) is 31.9 Å². The minimum absolute atomic E-state index is 0. The molecular formula is C19H32IN3O2. The SMILES string of the molecule is CCNC(=NCc1ccccc1OCC)NCCCOCC1CC1.I. The number of hydrogen-bond donors (Lipinski definition) is 2. The number of hydrogen-bond acceptors (Lipinski definition) is 3. The highest BCUT2D eigenvalue weighted by Gasteiger charge is 2.20. The normalized spacial score (nSPS) is 13.9. The van der Waals surface area contributed by atoms with Gasteiger partial charge in [0.25, 0.3) is 0 Å². The van der Waals surface area contributed by atoms with Crippen molar-refractivity contribution in [1.82, 2.24) is 10.6 Å². The largest absolute Gasteiger partial charge is 0.494 e. The van der Waals surface area contributed by atoms with Crippen LogP contribution >= 0.6 is 24.0 Å². The van der Waals surface area contributed by atoms with Crippen LogP contribution < -0.4 is 15.4 Å². The van der Waals surface area contributed by atoms with Gasteiger partial charge >= 0.3 is 0 Å². The van der Waals surface area contributed by atoms with E-state index in [2.05, 4.69) is 28.6 Å². The Labute approximate surface area is 169 Å². The van der Waals surface area contributed by atoms with E-state index in [0.29, 0.717) is 13.2 Å². The van der Waals surface area contributed by atoms with Crippen LogP contribution in [0.25, 0.3) is 0 Å². The maximum atomic E-state index is 5.65. The molecule has 2 N–H and O–H groups in total. The lowest BCUT2D eigenvalue weighted by molar-refractivity contribution is 0.123. The summed E-state index contributed by atoms with van der Waals surface area (Å²) in [5.74, 6) is 2.58. The predicted octanol–water partition coefficient (Wildman–Crippen LogP) is 3.58. The number of halogens is 1. The lowest BCUT2D eigenvalue weighted by Gasteiger charge is -2.12. The molecule has 0 radical (unpaired) electrons. The molecule has 6 heteroatoms. The van der Waals surface area contributed by atoms with Gasteiger partial charge in [-0.15, -0.1) is 24.0 Å². The molecule has 2 rings (SSSR count). The van der Waals surface area contributed by atoms with E-state index in [0.717, 1.165) is 55.9 Å². The molecule has 25 heavy (non-hydrogen) atoms. The zero-order chi connectivity index (χ0) is 17.0. The average Bonchev–Trinajstić information content (AvgIpc) is 3.41. The second kappa shape index (κ2) is 13.2. The van der Waals surface area contributed by atoms with Crippen LogP contribution in [0, 0.1) is 5.92 Å². The monoisotopic (exact) mass is 461 g/mol. The van der Waals surface area contributed by atoms with Gasteiger partial charge < -0.3 is 20.1 Å². The van der Waals surface area contributed by atoms with Crippen LogP contribution in [-0.2, 0) is 11.3 Å². The highest BCUT2D eigenvalue weighted by molar-refractivity contribution is 14.0. The highest BCUT2D eigenvalue weighted by Crippen LogP contribution is 2.28. The molecular weight excluding hydrogens is 429 g/mol. The summed E-state index contributed by atoms with van der Waals surface area (Å²) in [6.45, 7) is 8.80. The molecule has 0 unspecified atom stereocenters. The number of rotatable bonds is 11. The molecule has 0 spiro atoms. The van der Waals surface area contributed by atoms with Crippen molar-refractivity contribution in [1.29, 1.82) is 0 Å². The van der Waals surface area contributed by atoms with Crippen LogP contribution in [0.1, 0.15) is 38.7 Å². The van der Waals surface area contributed by atoms with Crippen molar-refractivity contribution in [2.75, 3.05) is 32.9 Å². The van der Waals surface area contributed by atoms with Gasteiger partial charge in [-0.25, -0.2) is 4.99 Å². The summed E-state index contributed by atoms with van der Waals surface area (Å²) >= 11 is 0. The van der Waals surface area contributed by atoms with E-state index < -0.39 is 0 Å². The zero-order valence-corrected chi connectivity index (χ0v) is 17.8. The van der Waals surface area contributed by atoms with Crippen LogP contribution in [0.5, 0.6) is 5.75 Å². The summed E-state index contributed by atoms with van der Waals surface area (Å²) in [4.78, 5) is 4.66. The van der Waals surface area contributed by atoms with E-state index in [4.69, 9.17) is 9.47 Å². The van der Waals surface area contributed by atoms with Crippen molar-refractivity contribution >= 4 is 29.9 Å². The van der Waals surface area contributed by atoms with Crippen molar-refractivity contribution in [2.45, 2.75) is 39.7 Å². The van der Waals surface area contributed by atoms with Gasteiger partial charge in [0.1, 0.15) is 5.75 Å². The first-order valence-corrected chi connectivity index (χ1v) is 9.14. The van der Waals surface area contributed by atoms with E-state index in [1.165, 1.54) is 12.8 Å². The molecule has 5 nitrogen and oxygen atoms in total. The molecule has 1 aliphatic carbocycles. The number of nitrogens with zero attached hydrogens (tertiary/aromatic N) is 1. The number of nitrogens with one attached hydrogen (secondary N) is 2. The van der Waals surface area contributed by atoms with Gasteiger partial charge in [-0.05, 0) is 45.1 Å². The Morgan fingerprint density at radius 3 is 2.72 bits per heavy atom. The van der Waals surface area contributed by atoms with Gasteiger partial charge in [0.2, 0.25) is 0 Å². The number of ether oxygens (including phenoxy) is 2. The van der Waals surface area contributed by atoms with Crippen molar-refractivity contribution in [3.63, 3.8) is 0 Å². The minimum Gasteiger partial charge on any atom is -0.494 e. The molecule has 0 atom stereocenters. The molecule has 0 bridgehead atoms. The summed E-state index contributed by atoms with van der Waals surface area (Å²) in [7, 11) is 0. The number of aliphatic imine (C=N–C) groups is 1. The van der Waals surface area contributed by atoms with Crippen LogP contribution in [0.15, 0.2) is 29.3 Å². The summed E-state index contributed by atoms with van der Waals surface area (Å²) in [5.41, 5.74) is 1.10. The first-order valence-electron chi connectivity index (χ1n) is 9.14. The summed E-state index contributed by atoms with van der Waals surface area (Å²) in [5, 5.41) is 6.64. The van der Waals surface area contributed by atoms with Crippen molar-refractivity contribution < 1.29 is 9.47 Å². The maximum Gasteiger partial charge on any atom is 0.191 e. The standard InChI is InChI=1S/C19H31N3O2.HI/c1-3-20-19(21-12-7-13-23-15-16-10-11-16)22-14-17-8-5-6-9-18(17)24-4-2;/h5-6,8-9,16H,3-4,7,10-15H2,1-2H3,(H2,20,21,22);1H. The topological polar surface area (TPSA) is 54.9 Å². The molecule has 0 amide bonds. The Hall–Kier alpha value is -1.02. The van der Waals surface area contributed by atoms with Gasteiger partial charge in [-0.3, -0.25) is 0 Å². The summed E-state index contributed by atoms with van der Waals surface area (Å²) in [6.07, 6.45) is 3.68. The van der Waals surface area contributed by atoms with Crippen molar-refractivity contribution in [3.05, 3.63) is 29.8 Å². The number of guanidine groups is 1. The highest BCUT2D eigenvalue weighted by atomic mass is 127. The molecule has 0 saturated heterocycles. The summed E-state index contributed by atoms with van der Waals surface area (Å²) < 4.78 is 11.3. The molecule has 142 valence electrons. The van der Waals surface area contributed by atoms with Gasteiger partial charge in [0.05, 0.1) is 13.2 Å². The smallest absolute Gasteiger partial charge is 0.191 e. The number of benzene rings is 1. The van der Waals surface area contributed by atoms with Crippen molar-refractivity contribution in [2.24, 2.45) is 10.9 Å². The fourth-order valence-corrected chi connectivity index (χ4v) is 2.35. The van der Waals surface area contributed by atoms with E-state index in [1.54, 1.807) is 0 Å². The van der Waals surface area contributed by atoms with Crippen LogP contribution in [0.4, 0.5) is 0 Å².